The molecule has 2 aliphatic rings. The molecule has 2 saturated heterocycles. The fourth-order valence-electron chi connectivity index (χ4n) is 2.06. The number of azide groups is 1. The molecule has 0 aliphatic carbocycles. The van der Waals surface area contributed by atoms with Crippen LogP contribution in [0.15, 0.2) is 5.11 Å². The highest BCUT2D eigenvalue weighted by Gasteiger charge is 2.55. The lowest BCUT2D eigenvalue weighted by atomic mass is 10.1. The summed E-state index contributed by atoms with van der Waals surface area (Å²) >= 11 is 0. The maximum atomic E-state index is 9.94. The second-order valence-electron chi connectivity index (χ2n) is 4.54. The smallest absolute Gasteiger partial charge is 0.190 e. The maximum absolute atomic E-state index is 9.94. The van der Waals surface area contributed by atoms with Gasteiger partial charge in [-0.15, -0.1) is 0 Å². The van der Waals surface area contributed by atoms with Gasteiger partial charge in [0.25, 0.3) is 0 Å². The predicted molar refractivity (Wildman–Crippen MR) is 54.7 cm³/mol. The van der Waals surface area contributed by atoms with Gasteiger partial charge in [-0.05, 0) is 19.4 Å². The topological polar surface area (TPSA) is 117 Å². The van der Waals surface area contributed by atoms with E-state index >= 15 is 0 Å². The fourth-order valence-corrected chi connectivity index (χ4v) is 2.06. The Labute approximate surface area is 97.7 Å². The molecule has 2 fully saturated rings. The lowest BCUT2D eigenvalue weighted by molar-refractivity contribution is -0.224. The predicted octanol–water partition coefficient (Wildman–Crippen LogP) is -0.105. The molecule has 0 saturated carbocycles. The van der Waals surface area contributed by atoms with Crippen molar-refractivity contribution in [2.24, 2.45) is 5.11 Å². The van der Waals surface area contributed by atoms with Gasteiger partial charge in [0, 0.05) is 4.91 Å². The lowest BCUT2D eigenvalue weighted by Gasteiger charge is -2.25. The zero-order valence-electron chi connectivity index (χ0n) is 9.55. The average Bonchev–Trinajstić information content (AvgIpc) is 2.70. The molecular formula is C9H15N3O5. The number of nitrogens with zero attached hydrogens (tertiary/aromatic N) is 3. The van der Waals surface area contributed by atoms with E-state index in [1.807, 2.05) is 0 Å². The largest absolute Gasteiger partial charge is 0.390 e. The zero-order chi connectivity index (χ0) is 12.6. The van der Waals surface area contributed by atoms with E-state index in [1.165, 1.54) is 0 Å². The van der Waals surface area contributed by atoms with E-state index in [0.717, 1.165) is 0 Å². The van der Waals surface area contributed by atoms with Crippen molar-refractivity contribution in [1.82, 2.24) is 0 Å². The van der Waals surface area contributed by atoms with Crippen LogP contribution in [0.5, 0.6) is 0 Å². The summed E-state index contributed by atoms with van der Waals surface area (Å²) in [6.45, 7) is 3.26. The van der Waals surface area contributed by atoms with Gasteiger partial charge >= 0.3 is 0 Å². The molecule has 2 rings (SSSR count). The van der Waals surface area contributed by atoms with Crippen molar-refractivity contribution in [3.05, 3.63) is 10.4 Å². The zero-order valence-corrected chi connectivity index (χ0v) is 9.55. The Morgan fingerprint density at radius 1 is 1.47 bits per heavy atom. The van der Waals surface area contributed by atoms with Crippen molar-refractivity contribution in [2.45, 2.75) is 50.3 Å². The summed E-state index contributed by atoms with van der Waals surface area (Å²) < 4.78 is 16.2. The molecule has 2 heterocycles. The first kappa shape index (κ1) is 12.6. The van der Waals surface area contributed by atoms with Gasteiger partial charge in [-0.1, -0.05) is 5.11 Å². The monoisotopic (exact) mass is 245 g/mol. The number of fused-ring (bicyclic) bond motifs is 1. The molecule has 0 amide bonds. The summed E-state index contributed by atoms with van der Waals surface area (Å²) in [5.74, 6) is -0.808. The van der Waals surface area contributed by atoms with E-state index in [4.69, 9.17) is 19.7 Å². The number of aliphatic hydroxyl groups is 2. The van der Waals surface area contributed by atoms with Crippen LogP contribution >= 0.6 is 0 Å². The Balaban J connectivity index is 2.00. The van der Waals surface area contributed by atoms with Crippen molar-refractivity contribution < 1.29 is 24.4 Å². The molecule has 0 aromatic rings. The van der Waals surface area contributed by atoms with Gasteiger partial charge in [0.2, 0.25) is 0 Å². The van der Waals surface area contributed by atoms with Crippen LogP contribution < -0.4 is 0 Å². The molecule has 0 radical (unpaired) electrons. The van der Waals surface area contributed by atoms with Crippen LogP contribution in [0, 0.1) is 0 Å². The van der Waals surface area contributed by atoms with Gasteiger partial charge < -0.3 is 24.4 Å². The Morgan fingerprint density at radius 3 is 2.76 bits per heavy atom. The van der Waals surface area contributed by atoms with E-state index in [1.54, 1.807) is 13.8 Å². The third-order valence-corrected chi connectivity index (χ3v) is 2.76. The van der Waals surface area contributed by atoms with Crippen molar-refractivity contribution in [3.63, 3.8) is 0 Å². The Kier molecular flexibility index (Phi) is 3.26. The van der Waals surface area contributed by atoms with E-state index in [9.17, 15) is 10.2 Å². The molecule has 0 aromatic heterocycles. The Bertz CT molecular complexity index is 344. The van der Waals surface area contributed by atoms with E-state index < -0.39 is 36.5 Å². The number of ether oxygens (including phenoxy) is 3. The Hall–Kier alpha value is -0.890. The minimum absolute atomic E-state index is 0.166. The van der Waals surface area contributed by atoms with Crippen molar-refractivity contribution in [1.29, 1.82) is 0 Å². The van der Waals surface area contributed by atoms with Gasteiger partial charge in [-0.25, -0.2) is 0 Å². The summed E-state index contributed by atoms with van der Waals surface area (Å²) in [7, 11) is 0. The minimum Gasteiger partial charge on any atom is -0.390 e. The van der Waals surface area contributed by atoms with Gasteiger partial charge in [0.15, 0.2) is 12.1 Å². The number of rotatable bonds is 3. The molecule has 0 bridgehead atoms. The Morgan fingerprint density at radius 2 is 2.18 bits per heavy atom. The van der Waals surface area contributed by atoms with Crippen LogP contribution in [-0.2, 0) is 14.2 Å². The highest BCUT2D eigenvalue weighted by atomic mass is 16.8. The number of hydrogen-bond acceptors (Lipinski definition) is 6. The van der Waals surface area contributed by atoms with Crippen LogP contribution in [0.1, 0.15) is 13.8 Å². The summed E-state index contributed by atoms with van der Waals surface area (Å²) in [5, 5.41) is 22.8. The molecule has 2 N–H and O–H groups in total. The lowest BCUT2D eigenvalue weighted by Crippen LogP contribution is -2.42. The molecule has 8 nitrogen and oxygen atoms in total. The molecule has 17 heavy (non-hydrogen) atoms. The summed E-state index contributed by atoms with van der Waals surface area (Å²) in [5.41, 5.74) is 8.15. The highest BCUT2D eigenvalue weighted by molar-refractivity contribution is 4.96. The van der Waals surface area contributed by atoms with E-state index in [2.05, 4.69) is 10.0 Å². The normalized spacial score (nSPS) is 40.7. The summed E-state index contributed by atoms with van der Waals surface area (Å²) in [4.78, 5) is 2.53. The molecule has 0 spiro atoms. The summed E-state index contributed by atoms with van der Waals surface area (Å²) in [6, 6.07) is 0. The van der Waals surface area contributed by atoms with Crippen LogP contribution in [-0.4, -0.2) is 53.3 Å². The second kappa shape index (κ2) is 4.41. The molecular weight excluding hydrogens is 230 g/mol. The van der Waals surface area contributed by atoms with Gasteiger partial charge in [0.05, 0.1) is 12.6 Å². The van der Waals surface area contributed by atoms with Crippen molar-refractivity contribution in [3.8, 4) is 0 Å². The van der Waals surface area contributed by atoms with Crippen molar-refractivity contribution >= 4 is 0 Å². The van der Waals surface area contributed by atoms with Crippen LogP contribution in [0.2, 0.25) is 0 Å². The third-order valence-electron chi connectivity index (χ3n) is 2.76. The van der Waals surface area contributed by atoms with Crippen LogP contribution in [0.4, 0.5) is 0 Å². The van der Waals surface area contributed by atoms with Crippen LogP contribution in [0.25, 0.3) is 10.4 Å². The first-order valence-corrected chi connectivity index (χ1v) is 5.33. The molecule has 5 atom stereocenters. The van der Waals surface area contributed by atoms with E-state index in [-0.39, 0.29) is 6.54 Å². The first-order chi connectivity index (χ1) is 7.94. The van der Waals surface area contributed by atoms with E-state index in [0.29, 0.717) is 0 Å². The quantitative estimate of drug-likeness (QED) is 0.409. The molecule has 0 aromatic carbocycles. The fraction of sp³-hybridized carbons (Fsp3) is 1.00. The van der Waals surface area contributed by atoms with Crippen LogP contribution in [0.3, 0.4) is 0 Å². The average molecular weight is 245 g/mol. The van der Waals surface area contributed by atoms with Gasteiger partial charge in [-0.2, -0.15) is 0 Å². The maximum Gasteiger partial charge on any atom is 0.190 e. The molecule has 2 aliphatic heterocycles. The van der Waals surface area contributed by atoms with Gasteiger partial charge in [0.1, 0.15) is 18.3 Å². The first-order valence-electron chi connectivity index (χ1n) is 5.33. The van der Waals surface area contributed by atoms with Crippen molar-refractivity contribution in [2.75, 3.05) is 6.54 Å². The summed E-state index contributed by atoms with van der Waals surface area (Å²) in [6.07, 6.45) is -4.29. The van der Waals surface area contributed by atoms with Gasteiger partial charge in [-0.3, -0.25) is 0 Å². The molecule has 0 unspecified atom stereocenters. The molecule has 96 valence electrons. The highest BCUT2D eigenvalue weighted by Crippen LogP contribution is 2.38. The second-order valence-corrected chi connectivity index (χ2v) is 4.54. The number of aliphatic hydroxyl groups excluding tert-OH is 2. The molecule has 8 heteroatoms. The SMILES string of the molecule is CC1(C)O[C@@H]2O[C@@H]([C@@H](O)CN=[N+]=[N-])[C@@H](O)[C@@H]2O1. The third kappa shape index (κ3) is 2.37. The minimum atomic E-state index is -1.08. The number of hydrogen-bond donors (Lipinski definition) is 2. The standard InChI is InChI=1S/C9H15N3O5/c1-9(2)16-7-5(14)6(15-8(7)17-9)4(13)3-11-12-10/h4-8,13-14H,3H2,1-2H3/t4-,5+,6-,7-,8-/m0/s1.